The molecule has 1 fully saturated rings. The van der Waals surface area contributed by atoms with Gasteiger partial charge in [-0.15, -0.1) is 0 Å². The minimum atomic E-state index is -0.387. The average Bonchev–Trinajstić information content (AvgIpc) is 3.14. The number of benzene rings is 1. The van der Waals surface area contributed by atoms with Crippen LogP contribution in [0.2, 0.25) is 0 Å². The molecule has 1 aromatic carbocycles. The third-order valence-electron chi connectivity index (χ3n) is 4.53. The smallest absolute Gasteiger partial charge is 0.243 e. The summed E-state index contributed by atoms with van der Waals surface area (Å²) in [5.74, 6) is 1.38. The minimum absolute atomic E-state index is 0.0240. The lowest BCUT2D eigenvalue weighted by Gasteiger charge is -2.25. The minimum Gasteiger partial charge on any atom is -0.454 e. The molecular formula is C18H24N2O4. The van der Waals surface area contributed by atoms with Gasteiger partial charge in [-0.2, -0.15) is 0 Å². The summed E-state index contributed by atoms with van der Waals surface area (Å²) in [6, 6.07) is 5.38. The number of rotatable bonds is 6. The van der Waals surface area contributed by atoms with Gasteiger partial charge in [-0.1, -0.05) is 19.4 Å². The van der Waals surface area contributed by atoms with Crippen molar-refractivity contribution in [3.05, 3.63) is 23.8 Å². The van der Waals surface area contributed by atoms with Crippen molar-refractivity contribution in [2.75, 3.05) is 6.79 Å². The summed E-state index contributed by atoms with van der Waals surface area (Å²) in [5, 5.41) is 3.02. The van der Waals surface area contributed by atoms with Crippen LogP contribution in [0.15, 0.2) is 18.2 Å². The van der Waals surface area contributed by atoms with Crippen molar-refractivity contribution < 1.29 is 19.1 Å². The summed E-state index contributed by atoms with van der Waals surface area (Å²) in [5.41, 5.74) is 0.939. The quantitative estimate of drug-likeness (QED) is 0.867. The van der Waals surface area contributed by atoms with E-state index in [0.717, 1.165) is 18.4 Å². The van der Waals surface area contributed by atoms with Crippen LogP contribution in [0, 0.1) is 0 Å². The molecule has 2 unspecified atom stereocenters. The third kappa shape index (κ3) is 3.47. The van der Waals surface area contributed by atoms with Gasteiger partial charge in [0.1, 0.15) is 6.04 Å². The maximum Gasteiger partial charge on any atom is 0.243 e. The summed E-state index contributed by atoms with van der Waals surface area (Å²) in [6.07, 6.45) is 2.96. The molecule has 2 atom stereocenters. The highest BCUT2D eigenvalue weighted by atomic mass is 16.7. The predicted octanol–water partition coefficient (Wildman–Crippen LogP) is 2.21. The summed E-state index contributed by atoms with van der Waals surface area (Å²) < 4.78 is 10.7. The number of nitrogens with zero attached hydrogens (tertiary/aromatic N) is 1. The van der Waals surface area contributed by atoms with Crippen LogP contribution in [-0.2, 0) is 16.1 Å². The number of likely N-dealkylation sites (tertiary alicyclic amines) is 1. The van der Waals surface area contributed by atoms with Crippen molar-refractivity contribution >= 4 is 11.8 Å². The van der Waals surface area contributed by atoms with Crippen LogP contribution in [0.25, 0.3) is 0 Å². The Hall–Kier alpha value is -2.24. The van der Waals surface area contributed by atoms with E-state index >= 15 is 0 Å². The summed E-state index contributed by atoms with van der Waals surface area (Å²) in [4.78, 5) is 26.4. The van der Waals surface area contributed by atoms with Gasteiger partial charge in [-0.05, 0) is 37.5 Å². The van der Waals surface area contributed by atoms with Gasteiger partial charge in [-0.25, -0.2) is 0 Å². The fraction of sp³-hybridized carbons (Fsp3) is 0.556. The van der Waals surface area contributed by atoms with Gasteiger partial charge in [0, 0.05) is 19.0 Å². The lowest BCUT2D eigenvalue weighted by Crippen LogP contribution is -2.46. The topological polar surface area (TPSA) is 67.9 Å². The van der Waals surface area contributed by atoms with Gasteiger partial charge < -0.3 is 19.7 Å². The molecule has 0 saturated carbocycles. The maximum absolute atomic E-state index is 12.5. The zero-order valence-electron chi connectivity index (χ0n) is 14.2. The number of hydrogen-bond acceptors (Lipinski definition) is 4. The van der Waals surface area contributed by atoms with E-state index in [1.807, 2.05) is 25.1 Å². The number of nitrogens with one attached hydrogen (secondary N) is 1. The molecule has 2 heterocycles. The highest BCUT2D eigenvalue weighted by Gasteiger charge is 2.36. The van der Waals surface area contributed by atoms with Gasteiger partial charge in [-0.3, -0.25) is 9.59 Å². The molecular weight excluding hydrogens is 308 g/mol. The first-order valence-electron chi connectivity index (χ1n) is 8.57. The Balaban J connectivity index is 1.68. The van der Waals surface area contributed by atoms with Crippen LogP contribution in [0.5, 0.6) is 11.5 Å². The average molecular weight is 332 g/mol. The normalized spacial score (nSPS) is 20.3. The Kier molecular flexibility index (Phi) is 4.92. The predicted molar refractivity (Wildman–Crippen MR) is 88.6 cm³/mol. The molecule has 2 amide bonds. The number of fused-ring (bicyclic) bond motifs is 1. The molecule has 0 aromatic heterocycles. The Morgan fingerprint density at radius 1 is 1.38 bits per heavy atom. The highest BCUT2D eigenvalue weighted by Crippen LogP contribution is 2.33. The molecule has 0 radical (unpaired) electrons. The van der Waals surface area contributed by atoms with E-state index < -0.39 is 0 Å². The first-order valence-corrected chi connectivity index (χ1v) is 8.57. The van der Waals surface area contributed by atoms with Gasteiger partial charge in [0.2, 0.25) is 18.6 Å². The number of amides is 2. The molecule has 6 heteroatoms. The molecule has 6 nitrogen and oxygen atoms in total. The second-order valence-corrected chi connectivity index (χ2v) is 6.46. The van der Waals surface area contributed by atoms with E-state index in [1.165, 1.54) is 0 Å². The molecule has 1 N–H and O–H groups in total. The van der Waals surface area contributed by atoms with Crippen molar-refractivity contribution in [2.45, 2.75) is 58.2 Å². The molecule has 0 bridgehead atoms. The fourth-order valence-corrected chi connectivity index (χ4v) is 3.28. The van der Waals surface area contributed by atoms with Gasteiger partial charge in [0.25, 0.3) is 0 Å². The molecule has 3 rings (SSSR count). The lowest BCUT2D eigenvalue weighted by atomic mass is 10.1. The monoisotopic (exact) mass is 332 g/mol. The molecule has 0 aliphatic carbocycles. The van der Waals surface area contributed by atoms with E-state index in [0.29, 0.717) is 30.9 Å². The standard InChI is InChI=1S/C18H24N2O4/c1-3-4-12(2)19-18(22)14-6-8-17(21)20(14)10-13-5-7-15-16(9-13)24-11-23-15/h5,7,9,12,14H,3-4,6,8,10-11H2,1-2H3,(H,19,22). The first-order chi connectivity index (χ1) is 11.6. The first kappa shape index (κ1) is 16.6. The number of carbonyl (C=O) groups excluding carboxylic acids is 2. The van der Waals surface area contributed by atoms with Crippen molar-refractivity contribution in [3.63, 3.8) is 0 Å². The molecule has 2 aliphatic heterocycles. The van der Waals surface area contributed by atoms with Crippen LogP contribution in [-0.4, -0.2) is 35.6 Å². The van der Waals surface area contributed by atoms with Crippen LogP contribution in [0.1, 0.15) is 45.1 Å². The van der Waals surface area contributed by atoms with Crippen molar-refractivity contribution in [1.82, 2.24) is 10.2 Å². The maximum atomic E-state index is 12.5. The van der Waals surface area contributed by atoms with Crippen molar-refractivity contribution in [1.29, 1.82) is 0 Å². The van der Waals surface area contributed by atoms with E-state index in [1.54, 1.807) is 4.90 Å². The third-order valence-corrected chi connectivity index (χ3v) is 4.53. The molecule has 0 spiro atoms. The summed E-state index contributed by atoms with van der Waals surface area (Å²) in [7, 11) is 0. The Bertz CT molecular complexity index is 631. The second-order valence-electron chi connectivity index (χ2n) is 6.46. The van der Waals surface area contributed by atoms with Crippen LogP contribution < -0.4 is 14.8 Å². The van der Waals surface area contributed by atoms with Crippen molar-refractivity contribution in [3.8, 4) is 11.5 Å². The largest absolute Gasteiger partial charge is 0.454 e. The Labute approximate surface area is 142 Å². The van der Waals surface area contributed by atoms with E-state index in [-0.39, 0.29) is 30.7 Å². The van der Waals surface area contributed by atoms with Gasteiger partial charge in [0.05, 0.1) is 0 Å². The molecule has 1 aromatic rings. The second kappa shape index (κ2) is 7.11. The zero-order valence-corrected chi connectivity index (χ0v) is 14.2. The Morgan fingerprint density at radius 3 is 2.96 bits per heavy atom. The van der Waals surface area contributed by atoms with E-state index in [4.69, 9.17) is 9.47 Å². The van der Waals surface area contributed by atoms with Crippen LogP contribution in [0.3, 0.4) is 0 Å². The van der Waals surface area contributed by atoms with Crippen LogP contribution in [0.4, 0.5) is 0 Å². The van der Waals surface area contributed by atoms with Crippen molar-refractivity contribution in [2.24, 2.45) is 0 Å². The highest BCUT2D eigenvalue weighted by molar-refractivity contribution is 5.91. The zero-order chi connectivity index (χ0) is 17.1. The number of hydrogen-bond donors (Lipinski definition) is 1. The molecule has 1 saturated heterocycles. The summed E-state index contributed by atoms with van der Waals surface area (Å²) >= 11 is 0. The molecule has 2 aliphatic rings. The SMILES string of the molecule is CCCC(C)NC(=O)C1CCC(=O)N1Cc1ccc2c(c1)OCO2. The summed E-state index contributed by atoms with van der Waals surface area (Å²) in [6.45, 7) is 4.73. The lowest BCUT2D eigenvalue weighted by molar-refractivity contribution is -0.136. The fourth-order valence-electron chi connectivity index (χ4n) is 3.28. The Morgan fingerprint density at radius 2 is 2.17 bits per heavy atom. The molecule has 24 heavy (non-hydrogen) atoms. The molecule has 130 valence electrons. The number of carbonyl (C=O) groups is 2. The van der Waals surface area contributed by atoms with Gasteiger partial charge in [0.15, 0.2) is 11.5 Å². The van der Waals surface area contributed by atoms with Crippen LogP contribution >= 0.6 is 0 Å². The number of ether oxygens (including phenoxy) is 2. The van der Waals surface area contributed by atoms with Gasteiger partial charge >= 0.3 is 0 Å². The van der Waals surface area contributed by atoms with E-state index in [2.05, 4.69) is 12.2 Å². The van der Waals surface area contributed by atoms with E-state index in [9.17, 15) is 9.59 Å².